The lowest BCUT2D eigenvalue weighted by Gasteiger charge is -2.37. The maximum atomic E-state index is 15.0. The number of aliphatic carboxylic acids is 1. The molecule has 172 valence electrons. The van der Waals surface area contributed by atoms with E-state index in [1.807, 2.05) is 0 Å². The highest BCUT2D eigenvalue weighted by Gasteiger charge is 2.44. The molecule has 2 fully saturated rings. The number of hydrogen-bond donors (Lipinski definition) is 1. The zero-order valence-corrected chi connectivity index (χ0v) is 18.3. The fraction of sp³-hybridized carbons (Fsp3) is 0.238. The number of benzene rings is 2. The molecule has 0 bridgehead atoms. The van der Waals surface area contributed by atoms with Crippen LogP contribution in [0.15, 0.2) is 36.4 Å². The van der Waals surface area contributed by atoms with E-state index < -0.39 is 42.3 Å². The molecular formula is C21H16Cl2FN3O6. The third-order valence-electron chi connectivity index (χ3n) is 5.34. The topological polar surface area (TPSA) is 107 Å². The first-order chi connectivity index (χ1) is 15.7. The standard InChI is InChI=1S/C21H16Cl2FN3O6/c22-14-3-1-2-11(17(14)23)9-27-18(28)13(19(29)30)10-26(20(27)31)16-5-4-12(8-15(16)24)25-6-7-33-21(25)32/h1-5,8,13H,6-7,9-10H2,(H,29,30). The summed E-state index contributed by atoms with van der Waals surface area (Å²) < 4.78 is 19.9. The quantitative estimate of drug-likeness (QED) is 0.632. The van der Waals surface area contributed by atoms with Gasteiger partial charge in [0.2, 0.25) is 5.91 Å². The van der Waals surface area contributed by atoms with E-state index in [4.69, 9.17) is 27.9 Å². The number of carbonyl (C=O) groups is 4. The minimum absolute atomic E-state index is 0.108. The van der Waals surface area contributed by atoms with E-state index in [0.29, 0.717) is 10.5 Å². The monoisotopic (exact) mass is 495 g/mol. The maximum Gasteiger partial charge on any atom is 0.414 e. The minimum Gasteiger partial charge on any atom is -0.481 e. The summed E-state index contributed by atoms with van der Waals surface area (Å²) >= 11 is 12.2. The fourth-order valence-electron chi connectivity index (χ4n) is 3.65. The highest BCUT2D eigenvalue weighted by atomic mass is 35.5. The molecule has 4 rings (SSSR count). The number of ether oxygens (including phenoxy) is 1. The van der Waals surface area contributed by atoms with Gasteiger partial charge in [-0.15, -0.1) is 0 Å². The van der Waals surface area contributed by atoms with Crippen molar-refractivity contribution in [2.24, 2.45) is 5.92 Å². The molecule has 33 heavy (non-hydrogen) atoms. The summed E-state index contributed by atoms with van der Waals surface area (Å²) in [6.45, 7) is -0.508. The Morgan fingerprint density at radius 2 is 1.91 bits per heavy atom. The lowest BCUT2D eigenvalue weighted by atomic mass is 10.0. The van der Waals surface area contributed by atoms with Crippen molar-refractivity contribution in [3.05, 3.63) is 57.8 Å². The second kappa shape index (κ2) is 8.87. The van der Waals surface area contributed by atoms with Gasteiger partial charge in [0.15, 0.2) is 5.92 Å². The van der Waals surface area contributed by atoms with Crippen LogP contribution < -0.4 is 9.80 Å². The molecule has 0 radical (unpaired) electrons. The van der Waals surface area contributed by atoms with Gasteiger partial charge in [-0.1, -0.05) is 35.3 Å². The Hall–Kier alpha value is -3.37. The van der Waals surface area contributed by atoms with Gasteiger partial charge >= 0.3 is 18.1 Å². The number of halogens is 3. The number of carboxylic acids is 1. The van der Waals surface area contributed by atoms with Gasteiger partial charge in [0.25, 0.3) is 0 Å². The first kappa shape index (κ1) is 22.8. The van der Waals surface area contributed by atoms with Crippen molar-refractivity contribution < 1.29 is 33.4 Å². The van der Waals surface area contributed by atoms with Crippen LogP contribution in [0.2, 0.25) is 10.0 Å². The largest absolute Gasteiger partial charge is 0.481 e. The Bertz CT molecular complexity index is 1180. The van der Waals surface area contributed by atoms with Crippen molar-refractivity contribution in [1.29, 1.82) is 0 Å². The number of cyclic esters (lactones) is 1. The van der Waals surface area contributed by atoms with Crippen LogP contribution >= 0.6 is 23.2 Å². The first-order valence-corrected chi connectivity index (χ1v) is 10.5. The molecule has 2 aromatic rings. The number of nitrogens with zero attached hydrogens (tertiary/aromatic N) is 3. The average Bonchev–Trinajstić information content (AvgIpc) is 3.20. The molecular weight excluding hydrogens is 480 g/mol. The van der Waals surface area contributed by atoms with Crippen LogP contribution in [0.3, 0.4) is 0 Å². The molecule has 2 aliphatic heterocycles. The molecule has 1 atom stereocenters. The Morgan fingerprint density at radius 3 is 2.55 bits per heavy atom. The van der Waals surface area contributed by atoms with Crippen molar-refractivity contribution in [3.8, 4) is 0 Å². The summed E-state index contributed by atoms with van der Waals surface area (Å²) in [6.07, 6.45) is -0.627. The van der Waals surface area contributed by atoms with Crippen LogP contribution in [0.1, 0.15) is 5.56 Å². The van der Waals surface area contributed by atoms with Crippen molar-refractivity contribution in [2.75, 3.05) is 29.5 Å². The first-order valence-electron chi connectivity index (χ1n) is 9.71. The summed E-state index contributed by atoms with van der Waals surface area (Å²) in [5, 5.41) is 9.85. The van der Waals surface area contributed by atoms with E-state index in [2.05, 4.69) is 0 Å². The molecule has 12 heteroatoms. The third kappa shape index (κ3) is 4.19. The number of imide groups is 1. The normalized spacial score (nSPS) is 18.7. The summed E-state index contributed by atoms with van der Waals surface area (Å²) in [5.41, 5.74) is 0.300. The lowest BCUT2D eigenvalue weighted by molar-refractivity contribution is -0.150. The molecule has 1 N–H and O–H groups in total. The summed E-state index contributed by atoms with van der Waals surface area (Å²) in [6, 6.07) is 7.40. The number of hydrogen-bond acceptors (Lipinski definition) is 5. The molecule has 1 unspecified atom stereocenters. The van der Waals surface area contributed by atoms with Gasteiger partial charge < -0.3 is 9.84 Å². The summed E-state index contributed by atoms with van der Waals surface area (Å²) in [5.74, 6) is -4.90. The maximum absolute atomic E-state index is 15.0. The molecule has 2 aliphatic rings. The van der Waals surface area contributed by atoms with Gasteiger partial charge in [-0.2, -0.15) is 0 Å². The average molecular weight is 496 g/mol. The molecule has 2 aromatic carbocycles. The number of anilines is 2. The second-order valence-corrected chi connectivity index (χ2v) is 8.11. The molecule has 2 saturated heterocycles. The number of urea groups is 1. The number of carbonyl (C=O) groups excluding carboxylic acids is 3. The third-order valence-corrected chi connectivity index (χ3v) is 6.20. The highest BCUT2D eigenvalue weighted by Crippen LogP contribution is 2.32. The van der Waals surface area contributed by atoms with Gasteiger partial charge in [0.1, 0.15) is 12.4 Å². The van der Waals surface area contributed by atoms with Crippen LogP contribution in [-0.4, -0.2) is 53.7 Å². The van der Waals surface area contributed by atoms with Crippen LogP contribution in [0.4, 0.5) is 25.4 Å². The number of rotatable bonds is 5. The van der Waals surface area contributed by atoms with Crippen molar-refractivity contribution in [1.82, 2.24) is 4.90 Å². The van der Waals surface area contributed by atoms with Gasteiger partial charge in [0, 0.05) is 0 Å². The smallest absolute Gasteiger partial charge is 0.414 e. The Labute approximate surface area is 196 Å². The van der Waals surface area contributed by atoms with Crippen LogP contribution in [0.5, 0.6) is 0 Å². The van der Waals surface area contributed by atoms with Crippen molar-refractivity contribution in [2.45, 2.75) is 6.54 Å². The molecule has 0 saturated carbocycles. The van der Waals surface area contributed by atoms with E-state index in [-0.39, 0.29) is 41.1 Å². The zero-order chi connectivity index (χ0) is 23.9. The van der Waals surface area contributed by atoms with E-state index >= 15 is 4.39 Å². The number of carboxylic acid groups (broad SMARTS) is 1. The van der Waals surface area contributed by atoms with Gasteiger partial charge in [-0.25, -0.2) is 14.0 Å². The Balaban J connectivity index is 1.68. The van der Waals surface area contributed by atoms with Crippen molar-refractivity contribution >= 4 is 58.6 Å². The van der Waals surface area contributed by atoms with Gasteiger partial charge in [-0.3, -0.25) is 24.3 Å². The van der Waals surface area contributed by atoms with E-state index in [0.717, 1.165) is 11.0 Å². The Morgan fingerprint density at radius 1 is 1.15 bits per heavy atom. The van der Waals surface area contributed by atoms with Crippen molar-refractivity contribution in [3.63, 3.8) is 0 Å². The molecule has 2 heterocycles. The second-order valence-electron chi connectivity index (χ2n) is 7.32. The molecule has 0 aliphatic carbocycles. The van der Waals surface area contributed by atoms with Crippen LogP contribution in [-0.2, 0) is 20.9 Å². The Kier molecular flexibility index (Phi) is 6.13. The molecule has 0 spiro atoms. The zero-order valence-electron chi connectivity index (χ0n) is 16.8. The van der Waals surface area contributed by atoms with Gasteiger partial charge in [-0.05, 0) is 29.8 Å². The SMILES string of the molecule is O=C(O)C1CN(c2ccc(N3CCOC3=O)cc2F)C(=O)N(Cc2cccc(Cl)c2Cl)C1=O. The molecule has 0 aromatic heterocycles. The summed E-state index contributed by atoms with van der Waals surface area (Å²) in [7, 11) is 0. The predicted molar refractivity (Wildman–Crippen MR) is 116 cm³/mol. The van der Waals surface area contributed by atoms with E-state index in [1.165, 1.54) is 29.2 Å². The van der Waals surface area contributed by atoms with Crippen LogP contribution in [0.25, 0.3) is 0 Å². The number of amides is 4. The lowest BCUT2D eigenvalue weighted by Crippen LogP contribution is -2.58. The highest BCUT2D eigenvalue weighted by molar-refractivity contribution is 6.42. The molecule has 4 amide bonds. The van der Waals surface area contributed by atoms with Gasteiger partial charge in [0.05, 0.1) is 41.1 Å². The molecule has 9 nitrogen and oxygen atoms in total. The minimum atomic E-state index is -1.62. The fourth-order valence-corrected chi connectivity index (χ4v) is 4.03. The van der Waals surface area contributed by atoms with E-state index in [1.54, 1.807) is 6.07 Å². The summed E-state index contributed by atoms with van der Waals surface area (Å²) in [4.78, 5) is 52.2. The van der Waals surface area contributed by atoms with Crippen LogP contribution in [0, 0.1) is 11.7 Å². The van der Waals surface area contributed by atoms with E-state index in [9.17, 15) is 24.3 Å². The predicted octanol–water partition coefficient (Wildman–Crippen LogP) is 3.76.